The van der Waals surface area contributed by atoms with Crippen LogP contribution in [0.25, 0.3) is 55.6 Å². The second-order valence-corrected chi connectivity index (χ2v) is 17.8. The highest BCUT2D eigenvalue weighted by Gasteiger charge is 2.51. The summed E-state index contributed by atoms with van der Waals surface area (Å²) in [5.41, 5.74) is 26.5. The molecule has 290 valence electrons. The first-order chi connectivity index (χ1) is 29.8. The molecule has 0 saturated heterocycles. The van der Waals surface area contributed by atoms with Crippen molar-refractivity contribution in [3.05, 3.63) is 245 Å². The minimum absolute atomic E-state index is 0.131. The minimum Gasteiger partial charge on any atom is -0.310 e. The SMILES string of the molecule is Cc1cc(-c2ccc(-c3ccccc3)cc2)cc(C)c1N(c1ccc2c(c1)C(C)(C)c1ccccc1-2)c1ccc2c(c1)C1(c3ccccc3-c3ccccc31)c1ccccc1-2. The van der Waals surface area contributed by atoms with Crippen molar-refractivity contribution in [2.75, 3.05) is 4.90 Å². The lowest BCUT2D eigenvalue weighted by molar-refractivity contribution is 0.660. The highest BCUT2D eigenvalue weighted by Crippen LogP contribution is 2.63. The van der Waals surface area contributed by atoms with Gasteiger partial charge in [0, 0.05) is 16.8 Å². The smallest absolute Gasteiger partial charge is 0.0726 e. The van der Waals surface area contributed by atoms with Gasteiger partial charge in [0.15, 0.2) is 0 Å². The fourth-order valence-corrected chi connectivity index (χ4v) is 11.4. The Morgan fingerprint density at radius 3 is 1.21 bits per heavy atom. The zero-order valence-electron chi connectivity index (χ0n) is 35.0. The third-order valence-electron chi connectivity index (χ3n) is 14.1. The fourth-order valence-electron chi connectivity index (χ4n) is 11.4. The average Bonchev–Trinajstić information content (AvgIpc) is 3.86. The van der Waals surface area contributed by atoms with Crippen molar-refractivity contribution in [1.82, 2.24) is 0 Å². The van der Waals surface area contributed by atoms with Crippen molar-refractivity contribution in [1.29, 1.82) is 0 Å². The molecule has 61 heavy (non-hydrogen) atoms. The van der Waals surface area contributed by atoms with Crippen LogP contribution in [0.2, 0.25) is 0 Å². The number of anilines is 3. The van der Waals surface area contributed by atoms with E-state index in [-0.39, 0.29) is 5.41 Å². The Morgan fingerprint density at radius 1 is 0.311 bits per heavy atom. The molecular weight excluding hydrogens is 735 g/mol. The fraction of sp³-hybridized carbons (Fsp3) is 0.100. The molecular formula is C60H45N. The van der Waals surface area contributed by atoms with Gasteiger partial charge in [-0.2, -0.15) is 0 Å². The van der Waals surface area contributed by atoms with E-state index in [1.165, 1.54) is 112 Å². The van der Waals surface area contributed by atoms with E-state index in [0.29, 0.717) is 0 Å². The quantitative estimate of drug-likeness (QED) is 0.168. The van der Waals surface area contributed by atoms with Crippen molar-refractivity contribution in [3.63, 3.8) is 0 Å². The summed E-state index contributed by atoms with van der Waals surface area (Å²) in [5, 5.41) is 0. The van der Waals surface area contributed by atoms with E-state index in [2.05, 4.69) is 233 Å². The lowest BCUT2D eigenvalue weighted by Gasteiger charge is -2.33. The van der Waals surface area contributed by atoms with E-state index in [1.807, 2.05) is 0 Å². The van der Waals surface area contributed by atoms with Crippen LogP contribution in [0.15, 0.2) is 200 Å². The number of benzene rings is 9. The van der Waals surface area contributed by atoms with Gasteiger partial charge in [0.1, 0.15) is 0 Å². The topological polar surface area (TPSA) is 3.24 Å². The second kappa shape index (κ2) is 13.1. The molecule has 1 spiro atoms. The molecule has 0 amide bonds. The average molecular weight is 780 g/mol. The van der Waals surface area contributed by atoms with Crippen molar-refractivity contribution >= 4 is 17.1 Å². The molecule has 0 aromatic heterocycles. The zero-order chi connectivity index (χ0) is 41.0. The van der Waals surface area contributed by atoms with Crippen molar-refractivity contribution in [2.45, 2.75) is 38.5 Å². The molecule has 0 aliphatic heterocycles. The van der Waals surface area contributed by atoms with Gasteiger partial charge in [-0.05, 0) is 150 Å². The van der Waals surface area contributed by atoms with E-state index in [1.54, 1.807) is 0 Å². The molecule has 0 heterocycles. The number of hydrogen-bond acceptors (Lipinski definition) is 1. The molecule has 3 aliphatic rings. The molecule has 0 saturated carbocycles. The Bertz CT molecular complexity index is 3150. The third kappa shape index (κ3) is 5.01. The Morgan fingerprint density at radius 2 is 0.689 bits per heavy atom. The van der Waals surface area contributed by atoms with Crippen molar-refractivity contribution in [2.24, 2.45) is 0 Å². The Labute approximate surface area is 359 Å². The van der Waals surface area contributed by atoms with Gasteiger partial charge in [-0.3, -0.25) is 0 Å². The summed E-state index contributed by atoms with van der Waals surface area (Å²) in [5.74, 6) is 0. The molecule has 0 unspecified atom stereocenters. The first kappa shape index (κ1) is 35.7. The summed E-state index contributed by atoms with van der Waals surface area (Å²) >= 11 is 0. The number of rotatable bonds is 5. The second-order valence-electron chi connectivity index (χ2n) is 17.8. The predicted molar refractivity (Wildman–Crippen MR) is 255 cm³/mol. The third-order valence-corrected chi connectivity index (χ3v) is 14.1. The lowest BCUT2D eigenvalue weighted by atomic mass is 9.70. The molecule has 9 aromatic rings. The molecule has 0 atom stereocenters. The van der Waals surface area contributed by atoms with Crippen LogP contribution in [0.3, 0.4) is 0 Å². The van der Waals surface area contributed by atoms with E-state index >= 15 is 0 Å². The Hall–Kier alpha value is -7.22. The van der Waals surface area contributed by atoms with Crippen molar-refractivity contribution < 1.29 is 0 Å². The van der Waals surface area contributed by atoms with Gasteiger partial charge in [-0.1, -0.05) is 178 Å². The zero-order valence-corrected chi connectivity index (χ0v) is 35.0. The van der Waals surface area contributed by atoms with Crippen LogP contribution in [0.4, 0.5) is 17.1 Å². The first-order valence-corrected chi connectivity index (χ1v) is 21.6. The maximum atomic E-state index is 2.55. The van der Waals surface area contributed by atoms with Gasteiger partial charge in [-0.15, -0.1) is 0 Å². The first-order valence-electron chi connectivity index (χ1n) is 21.6. The Balaban J connectivity index is 1.07. The summed E-state index contributed by atoms with van der Waals surface area (Å²) in [4.78, 5) is 2.55. The summed E-state index contributed by atoms with van der Waals surface area (Å²) in [7, 11) is 0. The molecule has 9 aromatic carbocycles. The highest BCUT2D eigenvalue weighted by molar-refractivity contribution is 5.97. The Kier molecular flexibility index (Phi) is 7.69. The van der Waals surface area contributed by atoms with Gasteiger partial charge in [0.2, 0.25) is 0 Å². The van der Waals surface area contributed by atoms with Crippen LogP contribution in [0, 0.1) is 13.8 Å². The molecule has 12 rings (SSSR count). The maximum Gasteiger partial charge on any atom is 0.0726 e. The van der Waals surface area contributed by atoms with Crippen LogP contribution >= 0.6 is 0 Å². The van der Waals surface area contributed by atoms with Crippen LogP contribution in [-0.4, -0.2) is 0 Å². The molecule has 0 N–H and O–H groups in total. The molecule has 3 aliphatic carbocycles. The predicted octanol–water partition coefficient (Wildman–Crippen LogP) is 15.8. The minimum atomic E-state index is -0.428. The monoisotopic (exact) mass is 779 g/mol. The van der Waals surface area contributed by atoms with Gasteiger partial charge in [0.05, 0.1) is 11.1 Å². The van der Waals surface area contributed by atoms with Crippen LogP contribution in [-0.2, 0) is 10.8 Å². The summed E-state index contributed by atoms with van der Waals surface area (Å²) in [6.45, 7) is 9.34. The number of hydrogen-bond donors (Lipinski definition) is 0. The van der Waals surface area contributed by atoms with Gasteiger partial charge < -0.3 is 4.90 Å². The maximum absolute atomic E-state index is 2.55. The van der Waals surface area contributed by atoms with Crippen LogP contribution in [0.1, 0.15) is 58.4 Å². The van der Waals surface area contributed by atoms with Gasteiger partial charge in [0.25, 0.3) is 0 Å². The molecule has 0 fully saturated rings. The molecule has 0 bridgehead atoms. The molecule has 1 nitrogen and oxygen atoms in total. The molecule has 1 heteroatoms. The van der Waals surface area contributed by atoms with E-state index in [9.17, 15) is 0 Å². The van der Waals surface area contributed by atoms with E-state index in [0.717, 1.165) is 5.69 Å². The highest BCUT2D eigenvalue weighted by atomic mass is 15.1. The van der Waals surface area contributed by atoms with Gasteiger partial charge in [-0.25, -0.2) is 0 Å². The van der Waals surface area contributed by atoms with Gasteiger partial charge >= 0.3 is 0 Å². The van der Waals surface area contributed by atoms with E-state index < -0.39 is 5.41 Å². The number of fused-ring (bicyclic) bond motifs is 13. The summed E-state index contributed by atoms with van der Waals surface area (Å²) in [6, 6.07) is 75.1. The number of aryl methyl sites for hydroxylation is 2. The van der Waals surface area contributed by atoms with E-state index in [4.69, 9.17) is 0 Å². The number of nitrogens with zero attached hydrogens (tertiary/aromatic N) is 1. The molecule has 0 radical (unpaired) electrons. The normalized spacial score (nSPS) is 14.2. The standard InChI is InChI=1S/C60H45N/c1-38-34-43(42-28-26-41(27-29-42)40-16-6-5-7-17-40)35-39(2)58(38)61(44-30-32-50-46-18-8-12-22-52(46)59(3,4)56(50)36-44)45-31-33-51-49-21-11-15-25-55(49)60(57(51)37-45)53-23-13-9-19-47(53)48-20-10-14-24-54(48)60/h5-37H,1-4H3. The largest absolute Gasteiger partial charge is 0.310 e. The van der Waals surface area contributed by atoms with Crippen LogP contribution < -0.4 is 4.90 Å². The van der Waals surface area contributed by atoms with Crippen LogP contribution in [0.5, 0.6) is 0 Å². The summed E-state index contributed by atoms with van der Waals surface area (Å²) < 4.78 is 0. The summed E-state index contributed by atoms with van der Waals surface area (Å²) in [6.07, 6.45) is 0. The lowest BCUT2D eigenvalue weighted by Crippen LogP contribution is -2.26. The van der Waals surface area contributed by atoms with Crippen molar-refractivity contribution in [3.8, 4) is 55.6 Å².